The number of imide groups is 1. The normalized spacial score (nSPS) is 25.5. The first kappa shape index (κ1) is 10.1. The highest BCUT2D eigenvalue weighted by Crippen LogP contribution is 2.45. The van der Waals surface area contributed by atoms with Gasteiger partial charge in [0.15, 0.2) is 0 Å². The molecule has 2 rings (SSSR count). The van der Waals surface area contributed by atoms with Crippen molar-refractivity contribution < 1.29 is 19.5 Å². The Morgan fingerprint density at radius 3 is 2.20 bits per heavy atom. The fourth-order valence-corrected chi connectivity index (χ4v) is 2.71. The van der Waals surface area contributed by atoms with Crippen LogP contribution in [0.4, 0.5) is 0 Å². The molecule has 2 aliphatic heterocycles. The molecule has 0 aromatic heterocycles. The number of rotatable bonds is 2. The first-order valence-electron chi connectivity index (χ1n) is 5.08. The van der Waals surface area contributed by atoms with Gasteiger partial charge in [0.1, 0.15) is 0 Å². The van der Waals surface area contributed by atoms with E-state index in [9.17, 15) is 14.4 Å². The van der Waals surface area contributed by atoms with Crippen LogP contribution >= 0.6 is 0 Å². The smallest absolute Gasteiger partial charge is 0.308 e. The predicted molar refractivity (Wildman–Crippen MR) is 49.9 cm³/mol. The fourth-order valence-electron chi connectivity index (χ4n) is 2.71. The van der Waals surface area contributed by atoms with Gasteiger partial charge in [-0.25, -0.2) is 0 Å². The van der Waals surface area contributed by atoms with E-state index >= 15 is 0 Å². The number of amides is 2. The summed E-state index contributed by atoms with van der Waals surface area (Å²) in [5.41, 5.74) is -0.736. The quantitative estimate of drug-likeness (QED) is 0.670. The maximum Gasteiger partial charge on any atom is 0.308 e. The molecule has 0 aromatic carbocycles. The molecule has 5 nitrogen and oxygen atoms in total. The molecule has 1 unspecified atom stereocenters. The summed E-state index contributed by atoms with van der Waals surface area (Å²) in [6.45, 7) is 1.58. The third-order valence-electron chi connectivity index (χ3n) is 3.66. The summed E-state index contributed by atoms with van der Waals surface area (Å²) in [5, 5.41) is 9.01. The first-order chi connectivity index (χ1) is 6.99. The summed E-state index contributed by atoms with van der Waals surface area (Å²) in [4.78, 5) is 35.2. The summed E-state index contributed by atoms with van der Waals surface area (Å²) in [5.74, 6) is -2.05. The van der Waals surface area contributed by atoms with E-state index in [2.05, 4.69) is 0 Å². The minimum Gasteiger partial charge on any atom is -0.481 e. The number of hydrogen-bond acceptors (Lipinski definition) is 3. The molecular formula is C10H13NO4. The van der Waals surface area contributed by atoms with Crippen LogP contribution in [0.15, 0.2) is 0 Å². The predicted octanol–water partition coefficient (Wildman–Crippen LogP) is 0.389. The summed E-state index contributed by atoms with van der Waals surface area (Å²) >= 11 is 0. The zero-order chi connectivity index (χ0) is 11.2. The monoisotopic (exact) mass is 211 g/mol. The van der Waals surface area contributed by atoms with Gasteiger partial charge in [-0.2, -0.15) is 0 Å². The number of carboxylic acids is 1. The van der Waals surface area contributed by atoms with Gasteiger partial charge in [0, 0.05) is 12.8 Å². The lowest BCUT2D eigenvalue weighted by atomic mass is 9.81. The Balaban J connectivity index is 2.38. The molecule has 0 aromatic rings. The summed E-state index contributed by atoms with van der Waals surface area (Å²) < 4.78 is 0. The third-order valence-corrected chi connectivity index (χ3v) is 3.66. The van der Waals surface area contributed by atoms with E-state index in [4.69, 9.17) is 5.11 Å². The minimum atomic E-state index is -0.940. The van der Waals surface area contributed by atoms with Crippen molar-refractivity contribution in [3.05, 3.63) is 0 Å². The molecule has 82 valence electrons. The molecule has 0 saturated carbocycles. The van der Waals surface area contributed by atoms with Crippen LogP contribution in [0.25, 0.3) is 0 Å². The molecule has 2 amide bonds. The van der Waals surface area contributed by atoms with Gasteiger partial charge in [0.25, 0.3) is 0 Å². The molecule has 2 saturated heterocycles. The topological polar surface area (TPSA) is 74.7 Å². The van der Waals surface area contributed by atoms with Gasteiger partial charge < -0.3 is 5.11 Å². The lowest BCUT2D eigenvalue weighted by Crippen LogP contribution is -2.49. The van der Waals surface area contributed by atoms with Crippen LogP contribution in [0.3, 0.4) is 0 Å². The third kappa shape index (κ3) is 1.19. The Morgan fingerprint density at radius 2 is 1.80 bits per heavy atom. The number of carbonyl (C=O) groups is 3. The number of hydrogen-bond donors (Lipinski definition) is 1. The van der Waals surface area contributed by atoms with Crippen molar-refractivity contribution in [1.82, 2.24) is 4.90 Å². The lowest BCUT2D eigenvalue weighted by molar-refractivity contribution is -0.150. The van der Waals surface area contributed by atoms with Crippen molar-refractivity contribution in [2.24, 2.45) is 5.92 Å². The van der Waals surface area contributed by atoms with Crippen LogP contribution in [0, 0.1) is 5.92 Å². The van der Waals surface area contributed by atoms with Crippen molar-refractivity contribution in [2.75, 3.05) is 0 Å². The van der Waals surface area contributed by atoms with E-state index in [1.807, 2.05) is 0 Å². The zero-order valence-electron chi connectivity index (χ0n) is 8.52. The molecule has 5 heteroatoms. The number of carbonyl (C=O) groups excluding carboxylic acids is 2. The molecule has 2 fully saturated rings. The molecule has 0 radical (unpaired) electrons. The fraction of sp³-hybridized carbons (Fsp3) is 0.700. The molecular weight excluding hydrogens is 198 g/mol. The van der Waals surface area contributed by atoms with Crippen molar-refractivity contribution in [3.63, 3.8) is 0 Å². The van der Waals surface area contributed by atoms with Crippen molar-refractivity contribution in [2.45, 2.75) is 38.1 Å². The van der Waals surface area contributed by atoms with Crippen LogP contribution in [-0.4, -0.2) is 33.3 Å². The summed E-state index contributed by atoms with van der Waals surface area (Å²) in [6, 6.07) is 0. The Morgan fingerprint density at radius 1 is 1.33 bits per heavy atom. The highest BCUT2D eigenvalue weighted by Gasteiger charge is 2.57. The number of fused-ring (bicyclic) bond motifs is 1. The second-order valence-corrected chi connectivity index (χ2v) is 4.29. The molecule has 1 N–H and O–H groups in total. The summed E-state index contributed by atoms with van der Waals surface area (Å²) in [7, 11) is 0. The van der Waals surface area contributed by atoms with Gasteiger partial charge in [0.2, 0.25) is 11.8 Å². The second kappa shape index (κ2) is 3.05. The minimum absolute atomic E-state index is 0.217. The standard InChI is InChI=1S/C10H13NO4/c1-6(9(14)15)10-4-2-7(12)11(10)8(13)3-5-10/h6H,2-5H2,1H3,(H,14,15). The highest BCUT2D eigenvalue weighted by atomic mass is 16.4. The Hall–Kier alpha value is -1.39. The number of carboxylic acid groups (broad SMARTS) is 1. The van der Waals surface area contributed by atoms with Crippen LogP contribution in [-0.2, 0) is 14.4 Å². The van der Waals surface area contributed by atoms with E-state index in [0.29, 0.717) is 25.7 Å². The highest BCUT2D eigenvalue weighted by molar-refractivity contribution is 6.00. The van der Waals surface area contributed by atoms with Crippen molar-refractivity contribution in [3.8, 4) is 0 Å². The molecule has 2 heterocycles. The maximum atomic E-state index is 11.5. The van der Waals surface area contributed by atoms with Gasteiger partial charge >= 0.3 is 5.97 Å². The van der Waals surface area contributed by atoms with Gasteiger partial charge in [-0.1, -0.05) is 0 Å². The van der Waals surface area contributed by atoms with E-state index in [1.165, 1.54) is 4.90 Å². The Kier molecular flexibility index (Phi) is 2.06. The van der Waals surface area contributed by atoms with Crippen molar-refractivity contribution in [1.29, 1.82) is 0 Å². The second-order valence-electron chi connectivity index (χ2n) is 4.29. The van der Waals surface area contributed by atoms with Crippen molar-refractivity contribution >= 4 is 17.8 Å². The van der Waals surface area contributed by atoms with E-state index in [1.54, 1.807) is 6.92 Å². The average Bonchev–Trinajstić information content (AvgIpc) is 2.68. The van der Waals surface area contributed by atoms with Crippen LogP contribution in [0.1, 0.15) is 32.6 Å². The molecule has 1 atom stereocenters. The van der Waals surface area contributed by atoms with E-state index in [0.717, 1.165) is 0 Å². The summed E-state index contributed by atoms with van der Waals surface area (Å²) in [6.07, 6.45) is 1.57. The van der Waals surface area contributed by atoms with Crippen LogP contribution in [0.2, 0.25) is 0 Å². The number of aliphatic carboxylic acids is 1. The van der Waals surface area contributed by atoms with Crippen LogP contribution < -0.4 is 0 Å². The van der Waals surface area contributed by atoms with Gasteiger partial charge in [-0.15, -0.1) is 0 Å². The van der Waals surface area contributed by atoms with Gasteiger partial charge in [-0.3, -0.25) is 19.3 Å². The largest absolute Gasteiger partial charge is 0.481 e. The molecule has 2 aliphatic rings. The average molecular weight is 211 g/mol. The Bertz CT molecular complexity index is 329. The molecule has 0 aliphatic carbocycles. The van der Waals surface area contributed by atoms with E-state index < -0.39 is 17.4 Å². The van der Waals surface area contributed by atoms with Crippen LogP contribution in [0.5, 0.6) is 0 Å². The Labute approximate surface area is 87.1 Å². The molecule has 0 bridgehead atoms. The van der Waals surface area contributed by atoms with Gasteiger partial charge in [0.05, 0.1) is 11.5 Å². The first-order valence-corrected chi connectivity index (χ1v) is 5.08. The molecule has 0 spiro atoms. The van der Waals surface area contributed by atoms with E-state index in [-0.39, 0.29) is 11.8 Å². The van der Waals surface area contributed by atoms with Gasteiger partial charge in [-0.05, 0) is 19.8 Å². The maximum absolute atomic E-state index is 11.5. The number of nitrogens with zero attached hydrogens (tertiary/aromatic N) is 1. The lowest BCUT2D eigenvalue weighted by Gasteiger charge is -2.33. The SMILES string of the molecule is CC(C(=O)O)C12CCC(=O)N1C(=O)CC2. The molecule has 15 heavy (non-hydrogen) atoms. The zero-order valence-corrected chi connectivity index (χ0v) is 8.52.